The van der Waals surface area contributed by atoms with Gasteiger partial charge in [-0.2, -0.15) is 0 Å². The lowest BCUT2D eigenvalue weighted by atomic mass is 10.1. The van der Waals surface area contributed by atoms with Gasteiger partial charge in [0.15, 0.2) is 0 Å². The van der Waals surface area contributed by atoms with Gasteiger partial charge in [0.2, 0.25) is 0 Å². The highest BCUT2D eigenvalue weighted by atomic mass is 16.5. The average Bonchev–Trinajstić information content (AvgIpc) is 2.68. The van der Waals surface area contributed by atoms with Gasteiger partial charge in [0.1, 0.15) is 11.5 Å². The van der Waals surface area contributed by atoms with Crippen LogP contribution in [-0.2, 0) is 0 Å². The predicted octanol–water partition coefficient (Wildman–Crippen LogP) is 5.55. The molecule has 0 aliphatic rings. The Morgan fingerprint density at radius 3 is 1.74 bits per heavy atom. The molecular weight excluding hydrogens is 336 g/mol. The number of methoxy groups -OCH3 is 2. The van der Waals surface area contributed by atoms with Crippen molar-refractivity contribution < 1.29 is 9.47 Å². The van der Waals surface area contributed by atoms with Crippen molar-refractivity contribution in [3.63, 3.8) is 0 Å². The minimum atomic E-state index is 0.756. The fourth-order valence-corrected chi connectivity index (χ4v) is 3.04. The molecule has 0 amide bonds. The van der Waals surface area contributed by atoms with Crippen molar-refractivity contribution in [1.29, 1.82) is 0 Å². The molecule has 0 radical (unpaired) electrons. The Kier molecular flexibility index (Phi) is 5.55. The molecule has 140 valence electrons. The quantitative estimate of drug-likeness (QED) is 0.574. The summed E-state index contributed by atoms with van der Waals surface area (Å²) in [5, 5.41) is 0. The third-order valence-electron chi connectivity index (χ3n) is 4.48. The number of aryl methyl sites for hydroxylation is 1. The van der Waals surface area contributed by atoms with E-state index in [-0.39, 0.29) is 0 Å². The van der Waals surface area contributed by atoms with Crippen molar-refractivity contribution in [3.05, 3.63) is 72.3 Å². The van der Waals surface area contributed by atoms with E-state index in [0.717, 1.165) is 34.2 Å². The Labute approximate surface area is 161 Å². The minimum Gasteiger partial charge on any atom is -0.497 e. The van der Waals surface area contributed by atoms with E-state index in [4.69, 9.17) is 9.47 Å². The second kappa shape index (κ2) is 8.04. The van der Waals surface area contributed by atoms with Crippen LogP contribution < -0.4 is 19.3 Å². The van der Waals surface area contributed by atoms with E-state index in [1.165, 1.54) is 5.56 Å². The number of hydrogen-bond acceptors (Lipinski definition) is 4. The summed E-state index contributed by atoms with van der Waals surface area (Å²) < 4.78 is 11.0. The molecule has 0 N–H and O–H groups in total. The number of anilines is 4. The molecule has 4 heteroatoms. The van der Waals surface area contributed by atoms with E-state index in [1.54, 1.807) is 14.2 Å². The molecule has 0 saturated heterocycles. The molecule has 3 aromatic rings. The second-order valence-corrected chi connectivity index (χ2v) is 6.66. The molecule has 0 aliphatic heterocycles. The zero-order valence-electron chi connectivity index (χ0n) is 16.6. The lowest BCUT2D eigenvalue weighted by Gasteiger charge is -2.27. The SMILES string of the molecule is COc1cc(OC)cc(N(c2ccc(N(C)C)cc2)c2cccc(C)c2)c1. The van der Waals surface area contributed by atoms with E-state index in [9.17, 15) is 0 Å². The first-order valence-corrected chi connectivity index (χ1v) is 8.89. The molecule has 0 saturated carbocycles. The van der Waals surface area contributed by atoms with Gasteiger partial charge in [-0.1, -0.05) is 12.1 Å². The van der Waals surface area contributed by atoms with Crippen molar-refractivity contribution in [2.24, 2.45) is 0 Å². The smallest absolute Gasteiger partial charge is 0.124 e. The third-order valence-corrected chi connectivity index (χ3v) is 4.48. The molecular formula is C23H26N2O2. The van der Waals surface area contributed by atoms with Crippen LogP contribution in [0.3, 0.4) is 0 Å². The molecule has 27 heavy (non-hydrogen) atoms. The molecule has 0 bridgehead atoms. The van der Waals surface area contributed by atoms with Crippen LogP contribution >= 0.6 is 0 Å². The highest BCUT2D eigenvalue weighted by Gasteiger charge is 2.15. The van der Waals surface area contributed by atoms with Crippen molar-refractivity contribution in [2.45, 2.75) is 6.92 Å². The van der Waals surface area contributed by atoms with Crippen molar-refractivity contribution in [3.8, 4) is 11.5 Å². The van der Waals surface area contributed by atoms with Gasteiger partial charge >= 0.3 is 0 Å². The Morgan fingerprint density at radius 2 is 1.22 bits per heavy atom. The first kappa shape index (κ1) is 18.6. The molecule has 4 nitrogen and oxygen atoms in total. The van der Waals surface area contributed by atoms with Gasteiger partial charge in [0, 0.05) is 49.4 Å². The number of rotatable bonds is 6. The number of nitrogens with zero attached hydrogens (tertiary/aromatic N) is 2. The number of ether oxygens (including phenoxy) is 2. The maximum atomic E-state index is 5.48. The molecule has 0 fully saturated rings. The summed E-state index contributed by atoms with van der Waals surface area (Å²) in [4.78, 5) is 4.30. The van der Waals surface area contributed by atoms with Crippen molar-refractivity contribution in [2.75, 3.05) is 38.1 Å². The van der Waals surface area contributed by atoms with Crippen LogP contribution in [-0.4, -0.2) is 28.3 Å². The normalized spacial score (nSPS) is 10.4. The van der Waals surface area contributed by atoms with E-state index in [1.807, 2.05) is 32.3 Å². The average molecular weight is 362 g/mol. The second-order valence-electron chi connectivity index (χ2n) is 6.66. The van der Waals surface area contributed by atoms with Gasteiger partial charge in [-0.3, -0.25) is 0 Å². The first-order valence-electron chi connectivity index (χ1n) is 8.89. The Balaban J connectivity index is 2.16. The topological polar surface area (TPSA) is 24.9 Å². The first-order chi connectivity index (χ1) is 13.0. The predicted molar refractivity (Wildman–Crippen MR) is 113 cm³/mol. The molecule has 0 atom stereocenters. The molecule has 3 aromatic carbocycles. The molecule has 3 rings (SSSR count). The van der Waals surface area contributed by atoms with E-state index < -0.39 is 0 Å². The monoisotopic (exact) mass is 362 g/mol. The van der Waals surface area contributed by atoms with Crippen LogP contribution in [0.4, 0.5) is 22.7 Å². The number of hydrogen-bond donors (Lipinski definition) is 0. The fourth-order valence-electron chi connectivity index (χ4n) is 3.04. The zero-order valence-corrected chi connectivity index (χ0v) is 16.6. The molecule has 0 heterocycles. The van der Waals surface area contributed by atoms with Crippen molar-refractivity contribution in [1.82, 2.24) is 0 Å². The van der Waals surface area contributed by atoms with Crippen LogP contribution in [0, 0.1) is 6.92 Å². The minimum absolute atomic E-state index is 0.756. The van der Waals surface area contributed by atoms with Crippen LogP contribution in [0.1, 0.15) is 5.56 Å². The summed E-state index contributed by atoms with van der Waals surface area (Å²) in [6.07, 6.45) is 0. The fraction of sp³-hybridized carbons (Fsp3) is 0.217. The standard InChI is InChI=1S/C23H26N2O2/c1-17-7-6-8-20(13-17)25(19-11-9-18(10-12-19)24(2)3)21-14-22(26-4)16-23(15-21)27-5/h6-16H,1-5H3. The van der Waals surface area contributed by atoms with Crippen LogP contribution in [0.5, 0.6) is 11.5 Å². The lowest BCUT2D eigenvalue weighted by molar-refractivity contribution is 0.394. The maximum absolute atomic E-state index is 5.48. The zero-order chi connectivity index (χ0) is 19.4. The highest BCUT2D eigenvalue weighted by Crippen LogP contribution is 2.39. The van der Waals surface area contributed by atoms with Gasteiger partial charge in [-0.15, -0.1) is 0 Å². The third kappa shape index (κ3) is 4.17. The van der Waals surface area contributed by atoms with Crippen LogP contribution in [0.2, 0.25) is 0 Å². The summed E-state index contributed by atoms with van der Waals surface area (Å²) in [7, 11) is 7.42. The summed E-state index contributed by atoms with van der Waals surface area (Å²) in [6.45, 7) is 2.10. The van der Waals surface area contributed by atoms with Gasteiger partial charge in [0.05, 0.1) is 19.9 Å². The lowest BCUT2D eigenvalue weighted by Crippen LogP contribution is -2.12. The van der Waals surface area contributed by atoms with E-state index >= 15 is 0 Å². The molecule has 0 spiro atoms. The Hall–Kier alpha value is -3.14. The van der Waals surface area contributed by atoms with Gasteiger partial charge in [-0.05, 0) is 48.9 Å². The summed E-state index contributed by atoms with van der Waals surface area (Å²) >= 11 is 0. The van der Waals surface area contributed by atoms with E-state index in [2.05, 4.69) is 65.3 Å². The summed E-state index contributed by atoms with van der Waals surface area (Å²) in [6, 6.07) is 22.9. The summed E-state index contributed by atoms with van der Waals surface area (Å²) in [5.74, 6) is 1.51. The van der Waals surface area contributed by atoms with Crippen LogP contribution in [0.25, 0.3) is 0 Å². The maximum Gasteiger partial charge on any atom is 0.124 e. The highest BCUT2D eigenvalue weighted by molar-refractivity contribution is 5.79. The van der Waals surface area contributed by atoms with Gasteiger partial charge in [0.25, 0.3) is 0 Å². The van der Waals surface area contributed by atoms with Gasteiger partial charge in [-0.25, -0.2) is 0 Å². The van der Waals surface area contributed by atoms with Gasteiger partial charge < -0.3 is 19.3 Å². The summed E-state index contributed by atoms with van der Waals surface area (Å²) in [5.41, 5.74) is 5.50. The molecule has 0 unspecified atom stereocenters. The van der Waals surface area contributed by atoms with Crippen molar-refractivity contribution >= 4 is 22.7 Å². The Morgan fingerprint density at radius 1 is 0.630 bits per heavy atom. The number of benzene rings is 3. The molecule has 0 aliphatic carbocycles. The Bertz CT molecular complexity index is 882. The largest absolute Gasteiger partial charge is 0.497 e. The van der Waals surface area contributed by atoms with E-state index in [0.29, 0.717) is 0 Å². The van der Waals surface area contributed by atoms with Crippen LogP contribution in [0.15, 0.2) is 66.7 Å². The molecule has 0 aromatic heterocycles.